The summed E-state index contributed by atoms with van der Waals surface area (Å²) in [5.74, 6) is 0.823. The maximum Gasteiger partial charge on any atom is 0.254 e. The number of nitrogens with zero attached hydrogens (tertiary/aromatic N) is 2. The fourth-order valence-electron chi connectivity index (χ4n) is 4.35. The van der Waals surface area contributed by atoms with Crippen molar-refractivity contribution >= 4 is 46.8 Å². The van der Waals surface area contributed by atoms with Crippen molar-refractivity contribution in [3.05, 3.63) is 99.0 Å². The van der Waals surface area contributed by atoms with Gasteiger partial charge in [-0.25, -0.2) is 4.98 Å². The molecule has 5 rings (SSSR count). The van der Waals surface area contributed by atoms with E-state index in [0.717, 1.165) is 26.1 Å². The Hall–Kier alpha value is -2.65. The standard InChI is InChI=1S/C27H27ClN4O2S2/c1-18-5-10-21(35-24-17-30-26(36-24)31-23-4-2-3-13-29-23)16-22(18)25(33)32-14-11-27(34,12-15-32)19-6-8-20(28)9-7-19/h2-10,13,16-17,26,30,34H,11-12,14-15H2,1H3,(H,29,31). The van der Waals surface area contributed by atoms with E-state index in [-0.39, 0.29) is 11.4 Å². The number of hydrogen-bond acceptors (Lipinski definition) is 7. The summed E-state index contributed by atoms with van der Waals surface area (Å²) in [7, 11) is 0. The molecule has 2 aromatic carbocycles. The van der Waals surface area contributed by atoms with Crippen LogP contribution in [0.25, 0.3) is 0 Å². The Morgan fingerprint density at radius 2 is 1.97 bits per heavy atom. The molecule has 1 amide bonds. The van der Waals surface area contributed by atoms with Gasteiger partial charge in [0.25, 0.3) is 5.91 Å². The van der Waals surface area contributed by atoms with E-state index in [0.29, 0.717) is 36.5 Å². The van der Waals surface area contributed by atoms with Gasteiger partial charge < -0.3 is 20.6 Å². The van der Waals surface area contributed by atoms with E-state index in [1.807, 2.05) is 66.6 Å². The smallest absolute Gasteiger partial charge is 0.254 e. The molecule has 1 aromatic heterocycles. The number of hydrogen-bond donors (Lipinski definition) is 3. The minimum Gasteiger partial charge on any atom is -0.385 e. The van der Waals surface area contributed by atoms with Crippen LogP contribution in [0.15, 0.2) is 82.2 Å². The largest absolute Gasteiger partial charge is 0.385 e. The van der Waals surface area contributed by atoms with Crippen molar-refractivity contribution in [2.75, 3.05) is 18.4 Å². The highest BCUT2D eigenvalue weighted by Gasteiger charge is 2.36. The van der Waals surface area contributed by atoms with Crippen LogP contribution < -0.4 is 10.6 Å². The first kappa shape index (κ1) is 25.0. The molecule has 1 unspecified atom stereocenters. The van der Waals surface area contributed by atoms with E-state index in [4.69, 9.17) is 11.6 Å². The second-order valence-corrected chi connectivity index (χ2v) is 11.9. The van der Waals surface area contributed by atoms with Crippen LogP contribution >= 0.6 is 35.1 Å². The molecule has 0 saturated carbocycles. The predicted octanol–water partition coefficient (Wildman–Crippen LogP) is 5.79. The molecule has 3 heterocycles. The van der Waals surface area contributed by atoms with Crippen LogP contribution in [0.3, 0.4) is 0 Å². The first-order chi connectivity index (χ1) is 17.4. The summed E-state index contributed by atoms with van der Waals surface area (Å²) in [5, 5.41) is 18.5. The number of carbonyl (C=O) groups is 1. The van der Waals surface area contributed by atoms with E-state index in [9.17, 15) is 9.90 Å². The highest BCUT2D eigenvalue weighted by atomic mass is 35.5. The number of carbonyl (C=O) groups excluding carboxylic acids is 1. The highest BCUT2D eigenvalue weighted by Crippen LogP contribution is 2.40. The minimum atomic E-state index is -0.937. The first-order valence-electron chi connectivity index (χ1n) is 11.8. The zero-order valence-corrected chi connectivity index (χ0v) is 22.2. The van der Waals surface area contributed by atoms with Crippen molar-refractivity contribution in [1.82, 2.24) is 15.2 Å². The van der Waals surface area contributed by atoms with Crippen LogP contribution in [0.5, 0.6) is 0 Å². The number of aliphatic hydroxyl groups is 1. The SMILES string of the molecule is Cc1ccc(SC2=CNC(Nc3ccccn3)S2)cc1C(=O)N1CCC(O)(c2ccc(Cl)cc2)CC1. The van der Waals surface area contributed by atoms with Gasteiger partial charge in [-0.15, -0.1) is 0 Å². The summed E-state index contributed by atoms with van der Waals surface area (Å²) in [6.07, 6.45) is 4.73. The number of aryl methyl sites for hydroxylation is 1. The first-order valence-corrected chi connectivity index (χ1v) is 13.8. The molecule has 6 nitrogen and oxygen atoms in total. The van der Waals surface area contributed by atoms with Crippen molar-refractivity contribution in [2.24, 2.45) is 0 Å². The molecule has 36 heavy (non-hydrogen) atoms. The number of pyridine rings is 1. The van der Waals surface area contributed by atoms with Crippen molar-refractivity contribution in [3.63, 3.8) is 0 Å². The Bertz CT molecular complexity index is 1260. The van der Waals surface area contributed by atoms with Gasteiger partial charge in [0.05, 0.1) is 9.84 Å². The van der Waals surface area contributed by atoms with Gasteiger partial charge in [0, 0.05) is 41.0 Å². The number of piperidine rings is 1. The van der Waals surface area contributed by atoms with E-state index >= 15 is 0 Å². The molecule has 2 aliphatic rings. The number of amides is 1. The zero-order chi connectivity index (χ0) is 25.1. The molecule has 3 aromatic rings. The lowest BCUT2D eigenvalue weighted by Gasteiger charge is -2.38. The molecule has 0 aliphatic carbocycles. The molecule has 1 atom stereocenters. The van der Waals surface area contributed by atoms with E-state index in [2.05, 4.69) is 15.6 Å². The van der Waals surface area contributed by atoms with Crippen molar-refractivity contribution in [3.8, 4) is 0 Å². The van der Waals surface area contributed by atoms with Crippen molar-refractivity contribution in [1.29, 1.82) is 0 Å². The number of rotatable bonds is 6. The fourth-order valence-corrected chi connectivity index (χ4v) is 6.60. The monoisotopic (exact) mass is 538 g/mol. The molecule has 2 aliphatic heterocycles. The third-order valence-corrected chi connectivity index (χ3v) is 8.89. The van der Waals surface area contributed by atoms with Crippen LogP contribution in [0.4, 0.5) is 5.82 Å². The third-order valence-electron chi connectivity index (χ3n) is 6.45. The Morgan fingerprint density at radius 3 is 2.69 bits per heavy atom. The van der Waals surface area contributed by atoms with Gasteiger partial charge in [0.2, 0.25) is 0 Å². The second kappa shape index (κ2) is 10.8. The van der Waals surface area contributed by atoms with Gasteiger partial charge in [-0.3, -0.25) is 4.79 Å². The van der Waals surface area contributed by atoms with Gasteiger partial charge in [-0.2, -0.15) is 0 Å². The Labute approximate surface area is 224 Å². The zero-order valence-electron chi connectivity index (χ0n) is 19.8. The van der Waals surface area contributed by atoms with Crippen molar-refractivity contribution in [2.45, 2.75) is 35.8 Å². The third kappa shape index (κ3) is 5.67. The van der Waals surface area contributed by atoms with Crippen molar-refractivity contribution < 1.29 is 9.90 Å². The van der Waals surface area contributed by atoms with Gasteiger partial charge in [-0.1, -0.05) is 59.4 Å². The molecule has 3 N–H and O–H groups in total. The van der Waals surface area contributed by atoms with E-state index in [1.165, 1.54) is 0 Å². The maximum absolute atomic E-state index is 13.4. The molecule has 1 saturated heterocycles. The van der Waals surface area contributed by atoms with E-state index in [1.54, 1.807) is 41.9 Å². The van der Waals surface area contributed by atoms with Gasteiger partial charge >= 0.3 is 0 Å². The van der Waals surface area contributed by atoms with Gasteiger partial charge in [0.1, 0.15) is 5.82 Å². The molecule has 0 bridgehead atoms. The predicted molar refractivity (Wildman–Crippen MR) is 148 cm³/mol. The Morgan fingerprint density at radius 1 is 1.19 bits per heavy atom. The van der Waals surface area contributed by atoms with Gasteiger partial charge in [0.15, 0.2) is 5.50 Å². The number of nitrogens with one attached hydrogen (secondary N) is 2. The molecular formula is C27H27ClN4O2S2. The molecule has 9 heteroatoms. The fraction of sp³-hybridized carbons (Fsp3) is 0.259. The van der Waals surface area contributed by atoms with Crippen LogP contribution in [-0.4, -0.2) is 39.5 Å². The molecule has 1 fully saturated rings. The van der Waals surface area contributed by atoms with E-state index < -0.39 is 5.60 Å². The summed E-state index contributed by atoms with van der Waals surface area (Å²) in [5.41, 5.74) is 1.56. The lowest BCUT2D eigenvalue weighted by atomic mass is 9.84. The highest BCUT2D eigenvalue weighted by molar-refractivity contribution is 8.22. The molecular weight excluding hydrogens is 512 g/mol. The molecule has 186 valence electrons. The number of anilines is 1. The summed E-state index contributed by atoms with van der Waals surface area (Å²) >= 11 is 9.31. The van der Waals surface area contributed by atoms with Crippen LogP contribution in [0.1, 0.15) is 34.3 Å². The minimum absolute atomic E-state index is 0.00156. The Balaban J connectivity index is 1.20. The quantitative estimate of drug-likeness (QED) is 0.366. The van der Waals surface area contributed by atoms with Crippen LogP contribution in [0, 0.1) is 6.92 Å². The van der Waals surface area contributed by atoms with Crippen LogP contribution in [0.2, 0.25) is 5.02 Å². The summed E-state index contributed by atoms with van der Waals surface area (Å²) in [4.78, 5) is 20.6. The number of halogens is 1. The average molecular weight is 539 g/mol. The lowest BCUT2D eigenvalue weighted by Crippen LogP contribution is -2.45. The number of likely N-dealkylation sites (tertiary alicyclic amines) is 1. The number of aromatic nitrogens is 1. The topological polar surface area (TPSA) is 77.5 Å². The molecule has 0 spiro atoms. The van der Waals surface area contributed by atoms with Gasteiger partial charge in [-0.05, 0) is 67.3 Å². The van der Waals surface area contributed by atoms with Crippen LogP contribution in [-0.2, 0) is 5.60 Å². The number of thioether (sulfide) groups is 2. The molecule has 0 radical (unpaired) electrons. The maximum atomic E-state index is 13.4. The second-order valence-electron chi connectivity index (χ2n) is 8.90. The summed E-state index contributed by atoms with van der Waals surface area (Å²) < 4.78 is 1.11. The normalized spacial score (nSPS) is 18.9. The number of benzene rings is 2. The summed E-state index contributed by atoms with van der Waals surface area (Å²) in [6.45, 7) is 2.97. The summed E-state index contributed by atoms with van der Waals surface area (Å²) in [6, 6.07) is 19.1. The lowest BCUT2D eigenvalue weighted by molar-refractivity contribution is -0.0211. The average Bonchev–Trinajstić information content (AvgIpc) is 3.32. The Kier molecular flexibility index (Phi) is 7.48.